The first-order valence-electron chi connectivity index (χ1n) is 10.6. The highest BCUT2D eigenvalue weighted by molar-refractivity contribution is 6.05. The number of ether oxygens (including phenoxy) is 1. The molecule has 1 unspecified atom stereocenters. The Labute approximate surface area is 175 Å². The number of anilines is 1. The molecule has 2 aromatic heterocycles. The van der Waals surface area contributed by atoms with Crippen LogP contribution in [0.1, 0.15) is 36.2 Å². The van der Waals surface area contributed by atoms with Crippen LogP contribution in [0.4, 0.5) is 5.82 Å². The fourth-order valence-corrected chi connectivity index (χ4v) is 4.31. The third-order valence-corrected chi connectivity index (χ3v) is 5.90. The van der Waals surface area contributed by atoms with Gasteiger partial charge in [-0.2, -0.15) is 0 Å². The first-order chi connectivity index (χ1) is 14.8. The molecule has 0 bridgehead atoms. The number of hydrogen-bond acceptors (Lipinski definition) is 6. The molecular formula is C23H25N5O2. The first kappa shape index (κ1) is 18.8. The van der Waals surface area contributed by atoms with Crippen LogP contribution in [0.25, 0.3) is 10.8 Å². The quantitative estimate of drug-likeness (QED) is 0.666. The first-order valence-corrected chi connectivity index (χ1v) is 10.6. The van der Waals surface area contributed by atoms with Crippen LogP contribution in [0.15, 0.2) is 48.9 Å². The standard InChI is InChI=1S/C23H25N5O2/c29-23(22-19-7-3-2-6-17(19)8-10-24-22)28-13-9-18(15-28)30-21-14-20(25-16-26-21)27-11-4-1-5-12-27/h2-3,6-8,10,14,16,18H,1,4-5,9,11-13,15H2. The molecule has 30 heavy (non-hydrogen) atoms. The molecule has 2 saturated heterocycles. The van der Waals surface area contributed by atoms with Crippen LogP contribution in [-0.4, -0.2) is 58.0 Å². The molecule has 0 spiro atoms. The molecule has 1 aromatic carbocycles. The van der Waals surface area contributed by atoms with Gasteiger partial charge in [-0.25, -0.2) is 9.97 Å². The number of piperidine rings is 1. The van der Waals surface area contributed by atoms with E-state index in [9.17, 15) is 4.79 Å². The molecule has 7 heteroatoms. The second-order valence-corrected chi connectivity index (χ2v) is 7.92. The fourth-order valence-electron chi connectivity index (χ4n) is 4.31. The number of carbonyl (C=O) groups excluding carboxylic acids is 1. The molecule has 3 aromatic rings. The summed E-state index contributed by atoms with van der Waals surface area (Å²) in [6.07, 6.45) is 7.64. The number of pyridine rings is 1. The fraction of sp³-hybridized carbons (Fsp3) is 0.391. The van der Waals surface area contributed by atoms with Crippen molar-refractivity contribution in [3.8, 4) is 5.88 Å². The number of likely N-dealkylation sites (tertiary alicyclic amines) is 1. The molecule has 1 atom stereocenters. The van der Waals surface area contributed by atoms with Crippen LogP contribution in [0.3, 0.4) is 0 Å². The van der Waals surface area contributed by atoms with Crippen LogP contribution in [0.2, 0.25) is 0 Å². The van der Waals surface area contributed by atoms with Crippen molar-refractivity contribution in [2.24, 2.45) is 0 Å². The lowest BCUT2D eigenvalue weighted by Crippen LogP contribution is -2.32. The van der Waals surface area contributed by atoms with Gasteiger partial charge in [0.15, 0.2) is 0 Å². The molecule has 2 aliphatic rings. The molecule has 0 aliphatic carbocycles. The third kappa shape index (κ3) is 3.79. The molecule has 0 saturated carbocycles. The van der Waals surface area contributed by atoms with Crippen LogP contribution >= 0.6 is 0 Å². The smallest absolute Gasteiger partial charge is 0.273 e. The Bertz CT molecular complexity index is 1050. The number of aromatic nitrogens is 3. The van der Waals surface area contributed by atoms with Crippen molar-refractivity contribution in [1.82, 2.24) is 19.9 Å². The normalized spacial score (nSPS) is 19.3. The Morgan fingerprint density at radius 3 is 2.77 bits per heavy atom. The second kappa shape index (κ2) is 8.26. The molecule has 0 N–H and O–H groups in total. The van der Waals surface area contributed by atoms with Gasteiger partial charge in [0.1, 0.15) is 23.9 Å². The Morgan fingerprint density at radius 1 is 1.00 bits per heavy atom. The zero-order chi connectivity index (χ0) is 20.3. The monoisotopic (exact) mass is 403 g/mol. The largest absolute Gasteiger partial charge is 0.472 e. The topological polar surface area (TPSA) is 71.5 Å². The summed E-state index contributed by atoms with van der Waals surface area (Å²) in [4.78, 5) is 30.3. The van der Waals surface area contributed by atoms with Crippen LogP contribution in [0.5, 0.6) is 5.88 Å². The molecule has 1 amide bonds. The number of rotatable bonds is 4. The molecule has 154 valence electrons. The lowest BCUT2D eigenvalue weighted by Gasteiger charge is -2.27. The Kier molecular flexibility index (Phi) is 5.17. The third-order valence-electron chi connectivity index (χ3n) is 5.90. The molecule has 2 aliphatic heterocycles. The Hall–Kier alpha value is -3.22. The second-order valence-electron chi connectivity index (χ2n) is 7.92. The summed E-state index contributed by atoms with van der Waals surface area (Å²) >= 11 is 0. The maximum atomic E-state index is 13.1. The van der Waals surface area contributed by atoms with E-state index < -0.39 is 0 Å². The van der Waals surface area contributed by atoms with E-state index in [1.54, 1.807) is 12.5 Å². The van der Waals surface area contributed by atoms with Crippen LogP contribution < -0.4 is 9.64 Å². The van der Waals surface area contributed by atoms with Crippen molar-refractivity contribution in [3.63, 3.8) is 0 Å². The average Bonchev–Trinajstić information content (AvgIpc) is 3.27. The van der Waals surface area contributed by atoms with Gasteiger partial charge in [0.05, 0.1) is 6.54 Å². The number of benzene rings is 1. The zero-order valence-electron chi connectivity index (χ0n) is 16.9. The van der Waals surface area contributed by atoms with E-state index in [0.717, 1.165) is 36.1 Å². The molecular weight excluding hydrogens is 378 g/mol. The summed E-state index contributed by atoms with van der Waals surface area (Å²) in [5, 5.41) is 1.91. The highest BCUT2D eigenvalue weighted by Crippen LogP contribution is 2.24. The zero-order valence-corrected chi connectivity index (χ0v) is 16.9. The van der Waals surface area contributed by atoms with Gasteiger partial charge in [0, 0.05) is 43.7 Å². The highest BCUT2D eigenvalue weighted by Gasteiger charge is 2.30. The Balaban J connectivity index is 1.26. The van der Waals surface area contributed by atoms with Crippen molar-refractivity contribution in [1.29, 1.82) is 0 Å². The van der Waals surface area contributed by atoms with E-state index in [4.69, 9.17) is 4.74 Å². The number of fused-ring (bicyclic) bond motifs is 1. The van der Waals surface area contributed by atoms with Crippen molar-refractivity contribution < 1.29 is 9.53 Å². The van der Waals surface area contributed by atoms with E-state index in [1.807, 2.05) is 41.3 Å². The summed E-state index contributed by atoms with van der Waals surface area (Å²) in [6.45, 7) is 3.24. The highest BCUT2D eigenvalue weighted by atomic mass is 16.5. The van der Waals surface area contributed by atoms with Gasteiger partial charge in [-0.15, -0.1) is 0 Å². The van der Waals surface area contributed by atoms with E-state index in [1.165, 1.54) is 19.3 Å². The van der Waals surface area contributed by atoms with Crippen molar-refractivity contribution >= 4 is 22.5 Å². The molecule has 0 radical (unpaired) electrons. The lowest BCUT2D eigenvalue weighted by molar-refractivity contribution is 0.0767. The van der Waals surface area contributed by atoms with E-state index in [-0.39, 0.29) is 12.0 Å². The van der Waals surface area contributed by atoms with Gasteiger partial charge >= 0.3 is 0 Å². The minimum atomic E-state index is -0.0759. The van der Waals surface area contributed by atoms with Gasteiger partial charge < -0.3 is 14.5 Å². The average molecular weight is 403 g/mol. The SMILES string of the molecule is O=C(c1nccc2ccccc12)N1CCC(Oc2cc(N3CCCCC3)ncn2)C1. The maximum Gasteiger partial charge on any atom is 0.273 e. The van der Waals surface area contributed by atoms with Gasteiger partial charge in [0.2, 0.25) is 5.88 Å². The van der Waals surface area contributed by atoms with E-state index in [0.29, 0.717) is 24.7 Å². The van der Waals surface area contributed by atoms with Crippen molar-refractivity contribution in [3.05, 3.63) is 54.6 Å². The summed E-state index contributed by atoms with van der Waals surface area (Å²) in [6, 6.07) is 11.7. The summed E-state index contributed by atoms with van der Waals surface area (Å²) in [5.74, 6) is 1.45. The molecule has 5 rings (SSSR count). The molecule has 2 fully saturated rings. The van der Waals surface area contributed by atoms with Crippen LogP contribution in [0, 0.1) is 0 Å². The lowest BCUT2D eigenvalue weighted by atomic mass is 10.1. The number of amides is 1. The number of nitrogens with zero attached hydrogens (tertiary/aromatic N) is 5. The Morgan fingerprint density at radius 2 is 1.87 bits per heavy atom. The molecule has 7 nitrogen and oxygen atoms in total. The minimum Gasteiger partial charge on any atom is -0.472 e. The van der Waals surface area contributed by atoms with Gasteiger partial charge in [-0.3, -0.25) is 9.78 Å². The maximum absolute atomic E-state index is 13.1. The van der Waals surface area contributed by atoms with E-state index >= 15 is 0 Å². The van der Waals surface area contributed by atoms with Gasteiger partial charge in [0.25, 0.3) is 5.91 Å². The summed E-state index contributed by atoms with van der Waals surface area (Å²) in [5.41, 5.74) is 0.503. The predicted octanol–water partition coefficient (Wildman–Crippen LogP) is 3.31. The minimum absolute atomic E-state index is 0.0467. The van der Waals surface area contributed by atoms with Crippen molar-refractivity contribution in [2.75, 3.05) is 31.1 Å². The number of carbonyl (C=O) groups is 1. The summed E-state index contributed by atoms with van der Waals surface area (Å²) < 4.78 is 6.12. The van der Waals surface area contributed by atoms with Crippen LogP contribution in [-0.2, 0) is 0 Å². The van der Waals surface area contributed by atoms with E-state index in [2.05, 4.69) is 19.9 Å². The van der Waals surface area contributed by atoms with Crippen molar-refractivity contribution in [2.45, 2.75) is 31.8 Å². The van der Waals surface area contributed by atoms with Gasteiger partial charge in [-0.05, 0) is 30.7 Å². The predicted molar refractivity (Wildman–Crippen MR) is 115 cm³/mol. The number of hydrogen-bond donors (Lipinski definition) is 0. The van der Waals surface area contributed by atoms with Gasteiger partial charge in [-0.1, -0.05) is 24.3 Å². The summed E-state index contributed by atoms with van der Waals surface area (Å²) in [7, 11) is 0. The molecule has 4 heterocycles.